The average Bonchev–Trinajstić information content (AvgIpc) is 2.65. The van der Waals surface area contributed by atoms with Gasteiger partial charge >= 0.3 is 5.97 Å². The van der Waals surface area contributed by atoms with E-state index in [4.69, 9.17) is 9.84 Å². The van der Waals surface area contributed by atoms with Crippen molar-refractivity contribution < 1.29 is 19.4 Å². The molecule has 150 valence electrons. The van der Waals surface area contributed by atoms with Crippen LogP contribution >= 0.6 is 38.5 Å². The summed E-state index contributed by atoms with van der Waals surface area (Å²) < 4.78 is 7.35. The Morgan fingerprint density at radius 2 is 1.97 bits per heavy atom. The predicted molar refractivity (Wildman–Crippen MR) is 121 cm³/mol. The molecule has 0 heterocycles. The number of carboxylic acid groups (broad SMARTS) is 1. The molecule has 0 atom stereocenters. The minimum atomic E-state index is -0.975. The van der Waals surface area contributed by atoms with Crippen molar-refractivity contribution in [3.05, 3.63) is 66.7 Å². The molecule has 0 bridgehead atoms. The van der Waals surface area contributed by atoms with Crippen LogP contribution in [-0.2, 0) is 11.4 Å². The molecule has 0 saturated heterocycles. The Bertz CT molecular complexity index is 972. The molecule has 2 aromatic carbocycles. The lowest BCUT2D eigenvalue weighted by atomic mass is 10.1. The van der Waals surface area contributed by atoms with Gasteiger partial charge in [0.25, 0.3) is 5.91 Å². The minimum Gasteiger partial charge on any atom is -0.487 e. The Morgan fingerprint density at radius 3 is 2.48 bits per heavy atom. The van der Waals surface area contributed by atoms with Gasteiger partial charge in [0.2, 0.25) is 0 Å². The Balaban J connectivity index is 2.18. The molecule has 2 rings (SSSR count). The van der Waals surface area contributed by atoms with Gasteiger partial charge in [0.15, 0.2) is 0 Å². The highest BCUT2D eigenvalue weighted by molar-refractivity contribution is 14.1. The van der Waals surface area contributed by atoms with Crippen LogP contribution in [0, 0.1) is 14.9 Å². The first-order chi connectivity index (χ1) is 13.7. The van der Waals surface area contributed by atoms with Crippen molar-refractivity contribution in [2.75, 3.05) is 0 Å². The van der Waals surface area contributed by atoms with Crippen molar-refractivity contribution in [3.63, 3.8) is 0 Å². The highest BCUT2D eigenvalue weighted by Gasteiger charge is 2.13. The molecule has 0 unspecified atom stereocenters. The molecule has 0 radical (unpaired) electrons. The highest BCUT2D eigenvalue weighted by Crippen LogP contribution is 2.33. The van der Waals surface area contributed by atoms with Crippen LogP contribution in [0.15, 0.2) is 46.4 Å². The third-order valence-corrected chi connectivity index (χ3v) is 5.09. The second-order valence-corrected chi connectivity index (χ2v) is 8.42. The number of nitrogens with one attached hydrogen (secondary N) is 1. The van der Waals surface area contributed by atoms with E-state index in [1.54, 1.807) is 18.2 Å². The summed E-state index contributed by atoms with van der Waals surface area (Å²) in [4.78, 5) is 23.0. The molecule has 1 amide bonds. The van der Waals surface area contributed by atoms with Gasteiger partial charge in [-0.05, 0) is 93.8 Å². The molecule has 0 aliphatic heterocycles. The van der Waals surface area contributed by atoms with Crippen molar-refractivity contribution in [3.8, 4) is 11.8 Å². The van der Waals surface area contributed by atoms with E-state index in [-0.39, 0.29) is 23.8 Å². The van der Waals surface area contributed by atoms with Crippen molar-refractivity contribution >= 4 is 56.5 Å². The van der Waals surface area contributed by atoms with Crippen molar-refractivity contribution in [1.29, 1.82) is 5.26 Å². The second kappa shape index (κ2) is 10.4. The largest absolute Gasteiger partial charge is 0.487 e. The predicted octanol–water partition coefficient (Wildman–Crippen LogP) is 4.76. The molecular weight excluding hydrogens is 551 g/mol. The van der Waals surface area contributed by atoms with Gasteiger partial charge in [0.05, 0.1) is 13.6 Å². The fourth-order valence-electron chi connectivity index (χ4n) is 2.35. The van der Waals surface area contributed by atoms with Gasteiger partial charge in [0, 0.05) is 6.04 Å². The van der Waals surface area contributed by atoms with Gasteiger partial charge in [-0.3, -0.25) is 4.79 Å². The molecule has 0 aliphatic rings. The van der Waals surface area contributed by atoms with Crippen LogP contribution < -0.4 is 10.1 Å². The van der Waals surface area contributed by atoms with Crippen LogP contribution in [0.4, 0.5) is 0 Å². The van der Waals surface area contributed by atoms with E-state index in [1.807, 2.05) is 26.0 Å². The Labute approximate surface area is 190 Å². The molecular formula is C21H18BrIN2O4. The fraction of sp³-hybridized carbons (Fsp3) is 0.190. The van der Waals surface area contributed by atoms with Gasteiger partial charge in [-0.2, -0.15) is 5.26 Å². The van der Waals surface area contributed by atoms with Crippen LogP contribution in [0.5, 0.6) is 5.75 Å². The molecule has 0 spiro atoms. The van der Waals surface area contributed by atoms with Gasteiger partial charge in [0.1, 0.15) is 24.0 Å². The van der Waals surface area contributed by atoms with Crippen LogP contribution in [0.25, 0.3) is 6.08 Å². The summed E-state index contributed by atoms with van der Waals surface area (Å²) in [6, 6.07) is 11.9. The molecule has 6 nitrogen and oxygen atoms in total. The number of amides is 1. The Hall–Kier alpha value is -2.38. The lowest BCUT2D eigenvalue weighted by Gasteiger charge is -2.12. The van der Waals surface area contributed by atoms with Crippen LogP contribution in [0.3, 0.4) is 0 Å². The molecule has 2 N–H and O–H groups in total. The lowest BCUT2D eigenvalue weighted by Crippen LogP contribution is -2.30. The number of hydrogen-bond acceptors (Lipinski definition) is 4. The first-order valence-corrected chi connectivity index (χ1v) is 10.4. The van der Waals surface area contributed by atoms with Gasteiger partial charge in [-0.1, -0.05) is 12.1 Å². The Kier molecular flexibility index (Phi) is 8.22. The number of aromatic carboxylic acids is 1. The quantitative estimate of drug-likeness (QED) is 0.285. The molecule has 0 aliphatic carbocycles. The fourth-order valence-corrected chi connectivity index (χ4v) is 4.12. The normalized spacial score (nSPS) is 11.1. The highest BCUT2D eigenvalue weighted by atomic mass is 127. The number of rotatable bonds is 7. The molecule has 0 aromatic heterocycles. The number of nitrogens with zero attached hydrogens (tertiary/aromatic N) is 1. The zero-order chi connectivity index (χ0) is 21.6. The van der Waals surface area contributed by atoms with Crippen LogP contribution in [0.1, 0.15) is 35.3 Å². The maximum atomic E-state index is 12.1. The first-order valence-electron chi connectivity index (χ1n) is 8.58. The number of halogens is 2. The van der Waals surface area contributed by atoms with E-state index < -0.39 is 11.9 Å². The maximum Gasteiger partial charge on any atom is 0.335 e. The number of hydrogen-bond donors (Lipinski definition) is 2. The van der Waals surface area contributed by atoms with Crippen molar-refractivity contribution in [2.45, 2.75) is 26.5 Å². The molecule has 29 heavy (non-hydrogen) atoms. The van der Waals surface area contributed by atoms with Crippen molar-refractivity contribution in [1.82, 2.24) is 5.32 Å². The monoisotopic (exact) mass is 568 g/mol. The minimum absolute atomic E-state index is 0.0218. The molecule has 0 fully saturated rings. The maximum absolute atomic E-state index is 12.1. The summed E-state index contributed by atoms with van der Waals surface area (Å²) in [7, 11) is 0. The van der Waals surface area contributed by atoms with E-state index in [9.17, 15) is 14.9 Å². The summed E-state index contributed by atoms with van der Waals surface area (Å²) in [6.07, 6.45) is 1.53. The molecule has 2 aromatic rings. The number of carboxylic acids is 1. The average molecular weight is 569 g/mol. The summed E-state index contributed by atoms with van der Waals surface area (Å²) in [5.41, 5.74) is 1.76. The zero-order valence-corrected chi connectivity index (χ0v) is 19.4. The number of carbonyl (C=O) groups is 2. The number of carbonyl (C=O) groups excluding carboxylic acids is 1. The summed E-state index contributed by atoms with van der Waals surface area (Å²) in [6.45, 7) is 3.92. The zero-order valence-electron chi connectivity index (χ0n) is 15.7. The lowest BCUT2D eigenvalue weighted by molar-refractivity contribution is -0.117. The SMILES string of the molecule is CC(C)NC(=O)/C(C#N)=C\c1cc(Br)c(OCc2ccc(C(=O)O)cc2)c(I)c1. The van der Waals surface area contributed by atoms with Gasteiger partial charge in [-0.15, -0.1) is 0 Å². The van der Waals surface area contributed by atoms with E-state index in [2.05, 4.69) is 43.8 Å². The standard InChI is InChI=1S/C21H18BrIN2O4/c1-12(2)25-20(26)16(10-24)7-14-8-17(22)19(18(23)9-14)29-11-13-3-5-15(6-4-13)21(27)28/h3-9,12H,11H2,1-2H3,(H,25,26)(H,27,28)/b16-7-. The van der Waals surface area contributed by atoms with Gasteiger partial charge in [-0.25, -0.2) is 4.79 Å². The third-order valence-electron chi connectivity index (χ3n) is 3.70. The van der Waals surface area contributed by atoms with E-state index in [0.717, 1.165) is 9.13 Å². The number of benzene rings is 2. The van der Waals surface area contributed by atoms with E-state index in [0.29, 0.717) is 15.8 Å². The Morgan fingerprint density at radius 1 is 1.31 bits per heavy atom. The summed E-state index contributed by atoms with van der Waals surface area (Å²) in [5, 5.41) is 20.9. The smallest absolute Gasteiger partial charge is 0.335 e. The molecule has 0 saturated carbocycles. The van der Waals surface area contributed by atoms with Gasteiger partial charge < -0.3 is 15.2 Å². The van der Waals surface area contributed by atoms with Crippen LogP contribution in [0.2, 0.25) is 0 Å². The van der Waals surface area contributed by atoms with E-state index >= 15 is 0 Å². The summed E-state index contributed by atoms with van der Waals surface area (Å²) >= 11 is 5.59. The van der Waals surface area contributed by atoms with Crippen molar-refractivity contribution in [2.24, 2.45) is 0 Å². The number of nitriles is 1. The summed E-state index contributed by atoms with van der Waals surface area (Å²) in [5.74, 6) is -0.772. The van der Waals surface area contributed by atoms with E-state index in [1.165, 1.54) is 18.2 Å². The molecule has 8 heteroatoms. The van der Waals surface area contributed by atoms with Crippen LogP contribution in [-0.4, -0.2) is 23.0 Å². The second-order valence-electron chi connectivity index (χ2n) is 6.40. The topological polar surface area (TPSA) is 99.4 Å². The third kappa shape index (κ3) is 6.58. The first kappa shape index (κ1) is 22.9. The number of ether oxygens (including phenoxy) is 1.